The first kappa shape index (κ1) is 20.6. The monoisotopic (exact) mass is 420 g/mol. The first-order valence-electron chi connectivity index (χ1n) is 11.5. The molecule has 2 nitrogen and oxygen atoms in total. The van der Waals surface area contributed by atoms with E-state index in [4.69, 9.17) is 0 Å². The maximum absolute atomic E-state index is 2.33. The Bertz CT molecular complexity index is 1300. The highest BCUT2D eigenvalue weighted by atomic mass is 15.0. The van der Waals surface area contributed by atoms with Crippen LogP contribution in [0, 0.1) is 0 Å². The summed E-state index contributed by atoms with van der Waals surface area (Å²) in [5, 5.41) is 2.66. The summed E-state index contributed by atoms with van der Waals surface area (Å²) in [6, 6.07) is 26.4. The van der Waals surface area contributed by atoms with Crippen molar-refractivity contribution in [1.29, 1.82) is 0 Å². The van der Waals surface area contributed by atoms with Crippen molar-refractivity contribution in [2.75, 3.05) is 0 Å². The molecule has 0 fully saturated rings. The Kier molecular flexibility index (Phi) is 4.60. The summed E-state index contributed by atoms with van der Waals surface area (Å²) in [6.07, 6.45) is 4.62. The molecule has 2 aromatic heterocycles. The second-order valence-electron chi connectivity index (χ2n) is 10.9. The third kappa shape index (κ3) is 3.35. The summed E-state index contributed by atoms with van der Waals surface area (Å²) in [6.45, 7) is 13.7. The van der Waals surface area contributed by atoms with Crippen molar-refractivity contribution in [2.45, 2.75) is 52.4 Å². The average molecular weight is 421 g/mol. The number of rotatable bonds is 2. The van der Waals surface area contributed by atoms with Gasteiger partial charge in [-0.3, -0.25) is 0 Å². The molecule has 0 unspecified atom stereocenters. The molecule has 5 rings (SSSR count). The van der Waals surface area contributed by atoms with Gasteiger partial charge in [0.2, 0.25) is 0 Å². The third-order valence-corrected chi connectivity index (χ3v) is 6.45. The summed E-state index contributed by atoms with van der Waals surface area (Å²) >= 11 is 0. The van der Waals surface area contributed by atoms with Gasteiger partial charge in [-0.2, -0.15) is 0 Å². The van der Waals surface area contributed by atoms with Crippen LogP contribution >= 0.6 is 0 Å². The van der Waals surface area contributed by atoms with E-state index < -0.39 is 0 Å². The van der Waals surface area contributed by atoms with Gasteiger partial charge in [-0.15, -0.1) is 0 Å². The molecule has 0 amide bonds. The molecule has 32 heavy (non-hydrogen) atoms. The average Bonchev–Trinajstić information content (AvgIpc) is 3.33. The van der Waals surface area contributed by atoms with E-state index in [9.17, 15) is 0 Å². The van der Waals surface area contributed by atoms with Crippen molar-refractivity contribution >= 4 is 21.8 Å². The molecular formula is C30H32N2. The zero-order chi connectivity index (χ0) is 22.7. The molecule has 0 aliphatic rings. The number of para-hydroxylation sites is 2. The maximum Gasteiger partial charge on any atom is 0.0531 e. The SMILES string of the molecule is CC(C)(C)c1cn(-c2ccc(-n3cc(C(C)(C)C)c4ccccc43)cc2)c2ccccc12. The van der Waals surface area contributed by atoms with E-state index in [2.05, 4.69) is 136 Å². The minimum Gasteiger partial charge on any atom is -0.316 e. The van der Waals surface area contributed by atoms with E-state index in [0.717, 1.165) is 0 Å². The van der Waals surface area contributed by atoms with Crippen molar-refractivity contribution in [2.24, 2.45) is 0 Å². The lowest BCUT2D eigenvalue weighted by atomic mass is 9.87. The van der Waals surface area contributed by atoms with Crippen LogP contribution in [-0.2, 0) is 10.8 Å². The molecule has 0 radical (unpaired) electrons. The van der Waals surface area contributed by atoms with Crippen LogP contribution in [-0.4, -0.2) is 9.13 Å². The summed E-state index contributed by atoms with van der Waals surface area (Å²) in [5.41, 5.74) is 7.84. The van der Waals surface area contributed by atoms with Crippen molar-refractivity contribution in [3.63, 3.8) is 0 Å². The van der Waals surface area contributed by atoms with Crippen molar-refractivity contribution in [3.8, 4) is 11.4 Å². The lowest BCUT2D eigenvalue weighted by molar-refractivity contribution is 0.594. The number of hydrogen-bond acceptors (Lipinski definition) is 0. The van der Waals surface area contributed by atoms with Gasteiger partial charge in [0, 0.05) is 34.5 Å². The number of nitrogens with zero attached hydrogens (tertiary/aromatic N) is 2. The first-order valence-corrected chi connectivity index (χ1v) is 11.5. The van der Waals surface area contributed by atoms with Gasteiger partial charge >= 0.3 is 0 Å². The Hall–Kier alpha value is -3.26. The van der Waals surface area contributed by atoms with Gasteiger partial charge < -0.3 is 9.13 Å². The van der Waals surface area contributed by atoms with Gasteiger partial charge in [0.05, 0.1) is 11.0 Å². The van der Waals surface area contributed by atoms with E-state index >= 15 is 0 Å². The van der Waals surface area contributed by atoms with Crippen LogP contribution in [0.25, 0.3) is 33.2 Å². The lowest BCUT2D eigenvalue weighted by Gasteiger charge is -2.17. The molecule has 0 bridgehead atoms. The zero-order valence-corrected chi connectivity index (χ0v) is 20.0. The predicted octanol–water partition coefficient (Wildman–Crippen LogP) is 8.17. The Morgan fingerprint density at radius 1 is 0.469 bits per heavy atom. The van der Waals surface area contributed by atoms with Crippen LogP contribution in [0.2, 0.25) is 0 Å². The van der Waals surface area contributed by atoms with Crippen LogP contribution in [0.15, 0.2) is 85.2 Å². The molecular weight excluding hydrogens is 388 g/mol. The number of fused-ring (bicyclic) bond motifs is 2. The Balaban J connectivity index is 1.63. The van der Waals surface area contributed by atoms with Crippen LogP contribution in [0.4, 0.5) is 0 Å². The van der Waals surface area contributed by atoms with Gasteiger partial charge in [-0.1, -0.05) is 77.9 Å². The standard InChI is InChI=1S/C30H32N2/c1-29(2,3)25-19-31(27-13-9-7-11-23(25)27)21-15-17-22(18-16-21)32-20-26(30(4,5)6)24-12-8-10-14-28(24)32/h7-20H,1-6H3. The topological polar surface area (TPSA) is 9.86 Å². The molecule has 0 aliphatic heterocycles. The highest BCUT2D eigenvalue weighted by molar-refractivity contribution is 5.88. The van der Waals surface area contributed by atoms with Crippen LogP contribution in [0.1, 0.15) is 52.7 Å². The fourth-order valence-electron chi connectivity index (χ4n) is 4.76. The molecule has 0 spiro atoms. The first-order chi connectivity index (χ1) is 15.1. The highest BCUT2D eigenvalue weighted by Gasteiger charge is 2.22. The molecule has 0 aliphatic carbocycles. The zero-order valence-electron chi connectivity index (χ0n) is 20.0. The molecule has 0 N–H and O–H groups in total. The van der Waals surface area contributed by atoms with Crippen molar-refractivity contribution < 1.29 is 0 Å². The second-order valence-corrected chi connectivity index (χ2v) is 10.9. The highest BCUT2D eigenvalue weighted by Crippen LogP contribution is 2.35. The smallest absolute Gasteiger partial charge is 0.0531 e. The molecule has 5 aromatic rings. The van der Waals surface area contributed by atoms with Gasteiger partial charge in [0.15, 0.2) is 0 Å². The fourth-order valence-corrected chi connectivity index (χ4v) is 4.76. The van der Waals surface area contributed by atoms with E-state index in [1.54, 1.807) is 0 Å². The second kappa shape index (κ2) is 7.13. The summed E-state index contributed by atoms with van der Waals surface area (Å²) < 4.78 is 4.65. The van der Waals surface area contributed by atoms with Gasteiger partial charge in [-0.25, -0.2) is 0 Å². The van der Waals surface area contributed by atoms with E-state index in [1.165, 1.54) is 44.3 Å². The largest absolute Gasteiger partial charge is 0.316 e. The van der Waals surface area contributed by atoms with E-state index in [0.29, 0.717) is 0 Å². The normalized spacial score (nSPS) is 12.7. The third-order valence-electron chi connectivity index (χ3n) is 6.45. The summed E-state index contributed by atoms with van der Waals surface area (Å²) in [5.74, 6) is 0. The molecule has 0 saturated heterocycles. The molecule has 0 atom stereocenters. The van der Waals surface area contributed by atoms with Crippen molar-refractivity contribution in [3.05, 3.63) is 96.3 Å². The summed E-state index contributed by atoms with van der Waals surface area (Å²) in [4.78, 5) is 0. The number of hydrogen-bond donors (Lipinski definition) is 0. The molecule has 2 heteroatoms. The Morgan fingerprint density at radius 2 is 0.812 bits per heavy atom. The molecule has 162 valence electrons. The van der Waals surface area contributed by atoms with Crippen LogP contribution in [0.5, 0.6) is 0 Å². The molecule has 3 aromatic carbocycles. The van der Waals surface area contributed by atoms with Crippen LogP contribution in [0.3, 0.4) is 0 Å². The van der Waals surface area contributed by atoms with Crippen LogP contribution < -0.4 is 0 Å². The number of benzene rings is 3. The summed E-state index contributed by atoms with van der Waals surface area (Å²) in [7, 11) is 0. The predicted molar refractivity (Wildman–Crippen MR) is 138 cm³/mol. The van der Waals surface area contributed by atoms with Gasteiger partial charge in [-0.05, 0) is 58.4 Å². The minimum atomic E-state index is 0.0954. The quantitative estimate of drug-likeness (QED) is 0.272. The minimum absolute atomic E-state index is 0.0954. The lowest BCUT2D eigenvalue weighted by Crippen LogP contribution is -2.10. The number of aromatic nitrogens is 2. The molecule has 2 heterocycles. The maximum atomic E-state index is 2.33. The van der Waals surface area contributed by atoms with Gasteiger partial charge in [0.1, 0.15) is 0 Å². The Labute approximate surface area is 191 Å². The Morgan fingerprint density at radius 3 is 1.16 bits per heavy atom. The fraction of sp³-hybridized carbons (Fsp3) is 0.267. The van der Waals surface area contributed by atoms with Gasteiger partial charge in [0.25, 0.3) is 0 Å². The van der Waals surface area contributed by atoms with E-state index in [1.807, 2.05) is 0 Å². The van der Waals surface area contributed by atoms with Crippen molar-refractivity contribution in [1.82, 2.24) is 9.13 Å². The van der Waals surface area contributed by atoms with E-state index in [-0.39, 0.29) is 10.8 Å². The molecule has 0 saturated carbocycles.